The summed E-state index contributed by atoms with van der Waals surface area (Å²) in [6, 6.07) is 9.37. The summed E-state index contributed by atoms with van der Waals surface area (Å²) >= 11 is 12.7. The Morgan fingerprint density at radius 2 is 1.92 bits per heavy atom. The molecule has 0 fully saturated rings. The number of benzene rings is 2. The van der Waals surface area contributed by atoms with Gasteiger partial charge in [-0.05, 0) is 24.3 Å². The van der Waals surface area contributed by atoms with Crippen molar-refractivity contribution in [2.75, 3.05) is 0 Å². The molecule has 1 unspecified atom stereocenters. The third-order valence-corrected chi connectivity index (χ3v) is 6.82. The van der Waals surface area contributed by atoms with Crippen molar-refractivity contribution in [1.82, 2.24) is 9.97 Å². The minimum Gasteiger partial charge on any atom is -0.333 e. The number of H-pyrrole nitrogens is 1. The summed E-state index contributed by atoms with van der Waals surface area (Å²) in [4.78, 5) is 25.1. The third kappa shape index (κ3) is 3.47. The van der Waals surface area contributed by atoms with Gasteiger partial charge in [0.25, 0.3) is 0 Å². The Bertz CT molecular complexity index is 929. The highest BCUT2D eigenvalue weighted by atomic mass is 35.5. The van der Waals surface area contributed by atoms with Crippen LogP contribution in [0, 0.1) is 5.82 Å². The number of nitrogens with one attached hydrogen (secondary N) is 1. The Morgan fingerprint density at radius 1 is 1.21 bits per heavy atom. The van der Waals surface area contributed by atoms with Crippen LogP contribution >= 0.6 is 42.6 Å². The predicted molar refractivity (Wildman–Crippen MR) is 93.2 cm³/mol. The van der Waals surface area contributed by atoms with Crippen LogP contribution in [0.5, 0.6) is 0 Å². The second kappa shape index (κ2) is 6.67. The van der Waals surface area contributed by atoms with Crippen molar-refractivity contribution >= 4 is 53.6 Å². The summed E-state index contributed by atoms with van der Waals surface area (Å²) in [6.45, 7) is 0. The Morgan fingerprint density at radius 3 is 2.58 bits per heavy atom. The molecule has 3 N–H and O–H groups in total. The Hall–Kier alpha value is -1.08. The van der Waals surface area contributed by atoms with Gasteiger partial charge in [-0.3, -0.25) is 4.57 Å². The van der Waals surface area contributed by atoms with Crippen molar-refractivity contribution in [3.63, 3.8) is 0 Å². The average molecular weight is 407 g/mol. The molecular weight excluding hydrogens is 397 g/mol. The lowest BCUT2D eigenvalue weighted by Crippen LogP contribution is -2.00. The number of para-hydroxylation sites is 2. The molecule has 0 spiro atoms. The van der Waals surface area contributed by atoms with Crippen LogP contribution in [-0.2, 0) is 4.57 Å². The zero-order valence-electron chi connectivity index (χ0n) is 11.8. The first-order chi connectivity index (χ1) is 11.3. The number of imidazole rings is 1. The van der Waals surface area contributed by atoms with Crippen LogP contribution < -0.4 is 0 Å². The van der Waals surface area contributed by atoms with Crippen molar-refractivity contribution in [2.24, 2.45) is 0 Å². The quantitative estimate of drug-likeness (QED) is 0.323. The fourth-order valence-corrected chi connectivity index (χ4v) is 5.37. The molecule has 3 rings (SSSR count). The molecule has 0 radical (unpaired) electrons. The van der Waals surface area contributed by atoms with Crippen LogP contribution in [0.1, 0.15) is 10.6 Å². The zero-order chi connectivity index (χ0) is 17.5. The van der Waals surface area contributed by atoms with E-state index in [1.54, 1.807) is 24.3 Å². The molecule has 24 heavy (non-hydrogen) atoms. The molecule has 0 amide bonds. The number of halogens is 3. The van der Waals surface area contributed by atoms with Crippen molar-refractivity contribution in [3.05, 3.63) is 57.8 Å². The molecule has 1 aromatic heterocycles. The summed E-state index contributed by atoms with van der Waals surface area (Å²) < 4.78 is 25.7. The van der Waals surface area contributed by atoms with Crippen molar-refractivity contribution in [3.8, 4) is 0 Å². The highest BCUT2D eigenvalue weighted by molar-refractivity contribution is 8.04. The summed E-state index contributed by atoms with van der Waals surface area (Å²) in [6.07, 6.45) is 0. The van der Waals surface area contributed by atoms with Gasteiger partial charge in [0.2, 0.25) is 0 Å². The van der Waals surface area contributed by atoms with Crippen molar-refractivity contribution < 1.29 is 18.7 Å². The number of rotatable bonds is 4. The number of nitrogens with zero attached hydrogens (tertiary/aromatic N) is 1. The van der Waals surface area contributed by atoms with Crippen LogP contribution in [0.15, 0.2) is 41.6 Å². The highest BCUT2D eigenvalue weighted by Gasteiger charge is 2.36. The fraction of sp³-hybridized carbons (Fsp3) is 0.0714. The minimum absolute atomic E-state index is 0.0293. The van der Waals surface area contributed by atoms with Gasteiger partial charge in [-0.25, -0.2) is 9.37 Å². The largest absolute Gasteiger partial charge is 0.343 e. The van der Waals surface area contributed by atoms with Gasteiger partial charge in [0.15, 0.2) is 5.16 Å². The van der Waals surface area contributed by atoms with Gasteiger partial charge in [0, 0.05) is 10.6 Å². The second-order valence-electron chi connectivity index (χ2n) is 4.88. The maximum absolute atomic E-state index is 13.7. The van der Waals surface area contributed by atoms with Crippen molar-refractivity contribution in [2.45, 2.75) is 10.1 Å². The first kappa shape index (κ1) is 17.7. The van der Waals surface area contributed by atoms with Crippen molar-refractivity contribution in [1.29, 1.82) is 0 Å². The number of thioether (sulfide) groups is 1. The van der Waals surface area contributed by atoms with E-state index in [4.69, 9.17) is 23.2 Å². The van der Waals surface area contributed by atoms with Gasteiger partial charge >= 0.3 is 7.60 Å². The minimum atomic E-state index is -4.71. The number of hydrogen-bond donors (Lipinski definition) is 3. The molecule has 1 atom stereocenters. The third-order valence-electron chi connectivity index (χ3n) is 3.22. The molecule has 5 nitrogen and oxygen atoms in total. The molecular formula is C14H10Cl2FN2O3PS. The Kier molecular flexibility index (Phi) is 4.93. The molecule has 0 saturated carbocycles. The molecule has 0 aliphatic heterocycles. The SMILES string of the molecule is O=P(O)(O)C(Sc1nc2ccccc2[nH]1)c1c(Cl)ccc(F)c1Cl. The summed E-state index contributed by atoms with van der Waals surface area (Å²) in [5.41, 5.74) is 1.19. The van der Waals surface area contributed by atoms with E-state index in [1.807, 2.05) is 0 Å². The number of aromatic amines is 1. The number of aromatic nitrogens is 2. The van der Waals surface area contributed by atoms with Gasteiger partial charge in [-0.1, -0.05) is 47.1 Å². The Balaban J connectivity index is 2.08. The standard InChI is InChI=1S/C14H10Cl2FN2O3PS/c15-7-5-6-8(17)12(16)11(7)13(23(20,21)22)24-14-18-9-3-1-2-4-10(9)19-14/h1-6,13H,(H,18,19)(H2,20,21,22). The van der Waals surface area contributed by atoms with E-state index in [2.05, 4.69) is 9.97 Å². The number of hydrogen-bond acceptors (Lipinski definition) is 3. The van der Waals surface area contributed by atoms with E-state index in [-0.39, 0.29) is 15.7 Å². The molecule has 0 aliphatic carbocycles. The highest BCUT2D eigenvalue weighted by Crippen LogP contribution is 2.62. The lowest BCUT2D eigenvalue weighted by atomic mass is 10.2. The van der Waals surface area contributed by atoms with Gasteiger partial charge in [-0.15, -0.1) is 0 Å². The molecule has 0 aliphatic rings. The van der Waals surface area contributed by atoms with E-state index >= 15 is 0 Å². The maximum atomic E-state index is 13.7. The summed E-state index contributed by atoms with van der Waals surface area (Å²) in [5.74, 6) is -0.806. The van der Waals surface area contributed by atoms with E-state index in [1.165, 1.54) is 6.07 Å². The lowest BCUT2D eigenvalue weighted by Gasteiger charge is -2.19. The fourth-order valence-electron chi connectivity index (χ4n) is 2.16. The lowest BCUT2D eigenvalue weighted by molar-refractivity contribution is 0.370. The molecule has 0 saturated heterocycles. The Labute approximate surface area is 150 Å². The van der Waals surface area contributed by atoms with E-state index in [0.717, 1.165) is 17.8 Å². The molecule has 126 valence electrons. The van der Waals surface area contributed by atoms with Gasteiger partial charge in [-0.2, -0.15) is 0 Å². The molecule has 0 bridgehead atoms. The first-order valence-electron chi connectivity index (χ1n) is 6.57. The molecule has 2 aromatic carbocycles. The number of fused-ring (bicyclic) bond motifs is 1. The smallest absolute Gasteiger partial charge is 0.333 e. The topological polar surface area (TPSA) is 86.2 Å². The predicted octanol–water partition coefficient (Wildman–Crippen LogP) is 4.98. The zero-order valence-corrected chi connectivity index (χ0v) is 15.0. The normalized spacial score (nSPS) is 13.4. The molecule has 1 heterocycles. The van der Waals surface area contributed by atoms with Gasteiger partial charge in [0.1, 0.15) is 10.8 Å². The summed E-state index contributed by atoms with van der Waals surface area (Å²) in [5, 5.41) is -0.182. The van der Waals surface area contributed by atoms with E-state index in [0.29, 0.717) is 11.0 Å². The van der Waals surface area contributed by atoms with E-state index < -0.39 is 23.4 Å². The van der Waals surface area contributed by atoms with Gasteiger partial charge < -0.3 is 14.8 Å². The monoisotopic (exact) mass is 406 g/mol. The van der Waals surface area contributed by atoms with Crippen LogP contribution in [0.3, 0.4) is 0 Å². The van der Waals surface area contributed by atoms with Crippen LogP contribution in [-0.4, -0.2) is 19.8 Å². The second-order valence-corrected chi connectivity index (χ2v) is 8.80. The van der Waals surface area contributed by atoms with Crippen LogP contribution in [0.25, 0.3) is 11.0 Å². The molecule has 10 heteroatoms. The average Bonchev–Trinajstić information content (AvgIpc) is 2.92. The van der Waals surface area contributed by atoms with Gasteiger partial charge in [0.05, 0.1) is 16.1 Å². The summed E-state index contributed by atoms with van der Waals surface area (Å²) in [7, 11) is -4.71. The van der Waals surface area contributed by atoms with E-state index in [9.17, 15) is 18.7 Å². The first-order valence-corrected chi connectivity index (χ1v) is 9.89. The van der Waals surface area contributed by atoms with Crippen LogP contribution in [0.4, 0.5) is 4.39 Å². The molecule has 3 aromatic rings. The van der Waals surface area contributed by atoms with Crippen LogP contribution in [0.2, 0.25) is 10.0 Å². The maximum Gasteiger partial charge on any atom is 0.343 e.